The fourth-order valence-corrected chi connectivity index (χ4v) is 2.56. The Hall–Kier alpha value is -1.69. The Balaban J connectivity index is 2.21. The molecule has 0 amide bonds. The number of aliphatic hydroxyl groups excluding tert-OH is 1. The highest BCUT2D eigenvalue weighted by molar-refractivity contribution is 5.58. The van der Waals surface area contributed by atoms with Crippen LogP contribution in [0.5, 0.6) is 0 Å². The zero-order valence-electron chi connectivity index (χ0n) is 11.0. The maximum Gasteiger partial charge on any atom is 0.386 e. The number of pyridine rings is 1. The van der Waals surface area contributed by atoms with Gasteiger partial charge in [0, 0.05) is 0 Å². The Labute approximate surface area is 112 Å². The summed E-state index contributed by atoms with van der Waals surface area (Å²) < 4.78 is 0. The van der Waals surface area contributed by atoms with Crippen LogP contribution >= 0.6 is 0 Å². The van der Waals surface area contributed by atoms with Crippen LogP contribution in [0.4, 0.5) is 11.5 Å². The van der Waals surface area contributed by atoms with Gasteiger partial charge in [-0.05, 0) is 53.6 Å². The molecule has 0 atom stereocenters. The zero-order valence-corrected chi connectivity index (χ0v) is 11.0. The summed E-state index contributed by atoms with van der Waals surface area (Å²) >= 11 is 0. The first-order chi connectivity index (χ1) is 9.06. The molecule has 0 aliphatic heterocycles. The lowest BCUT2D eigenvalue weighted by atomic mass is 9.77. The first kappa shape index (κ1) is 13.7. The van der Waals surface area contributed by atoms with Crippen LogP contribution in [0.3, 0.4) is 0 Å². The Kier molecular flexibility index (Phi) is 3.99. The van der Waals surface area contributed by atoms with Gasteiger partial charge in [-0.15, -0.1) is 0 Å². The highest BCUT2D eigenvalue weighted by Gasteiger charge is 2.35. The molecule has 0 radical (unpaired) electrons. The molecule has 6 heteroatoms. The average Bonchev–Trinajstić information content (AvgIpc) is 2.42. The molecule has 1 aliphatic carbocycles. The van der Waals surface area contributed by atoms with Crippen LogP contribution in [0.25, 0.3) is 0 Å². The van der Waals surface area contributed by atoms with Gasteiger partial charge in [-0.2, -0.15) is 0 Å². The van der Waals surface area contributed by atoms with E-state index in [0.717, 1.165) is 25.7 Å². The van der Waals surface area contributed by atoms with Crippen molar-refractivity contribution < 1.29 is 10.0 Å². The summed E-state index contributed by atoms with van der Waals surface area (Å²) in [6.45, 7) is 2.17. The van der Waals surface area contributed by atoms with Gasteiger partial charge in [0.15, 0.2) is 0 Å². The second kappa shape index (κ2) is 5.52. The summed E-state index contributed by atoms with van der Waals surface area (Å²) in [4.78, 5) is 14.2. The molecular formula is C13H19N3O3. The van der Waals surface area contributed by atoms with Crippen molar-refractivity contribution in [2.75, 3.05) is 11.9 Å². The number of aliphatic hydroxyl groups is 1. The Bertz CT molecular complexity index is 456. The van der Waals surface area contributed by atoms with E-state index in [2.05, 4.69) is 17.2 Å². The second-order valence-electron chi connectivity index (χ2n) is 5.38. The number of hydrogen-bond donors (Lipinski definition) is 2. The molecule has 1 saturated carbocycles. The monoisotopic (exact) mass is 265 g/mol. The van der Waals surface area contributed by atoms with Crippen molar-refractivity contribution in [2.24, 2.45) is 5.92 Å². The molecule has 1 aromatic rings. The van der Waals surface area contributed by atoms with Gasteiger partial charge in [-0.1, -0.05) is 6.92 Å². The Morgan fingerprint density at radius 1 is 1.58 bits per heavy atom. The van der Waals surface area contributed by atoms with Crippen LogP contribution in [0.2, 0.25) is 0 Å². The fourth-order valence-electron chi connectivity index (χ4n) is 2.56. The molecule has 104 valence electrons. The highest BCUT2D eigenvalue weighted by Crippen LogP contribution is 2.36. The lowest BCUT2D eigenvalue weighted by Crippen LogP contribution is -2.45. The van der Waals surface area contributed by atoms with E-state index < -0.39 is 10.5 Å². The van der Waals surface area contributed by atoms with Crippen molar-refractivity contribution in [3.63, 3.8) is 0 Å². The summed E-state index contributed by atoms with van der Waals surface area (Å²) in [5.41, 5.74) is -0.0728. The molecule has 1 aliphatic rings. The van der Waals surface area contributed by atoms with Crippen LogP contribution in [0, 0.1) is 16.0 Å². The Morgan fingerprint density at radius 3 is 2.84 bits per heavy atom. The van der Waals surface area contributed by atoms with E-state index in [4.69, 9.17) is 0 Å². The predicted octanol–water partition coefficient (Wildman–Crippen LogP) is 2.34. The lowest BCUT2D eigenvalue weighted by molar-refractivity contribution is -0.388. The van der Waals surface area contributed by atoms with Crippen molar-refractivity contribution >= 4 is 11.5 Å². The largest absolute Gasteiger partial charge is 0.394 e. The summed E-state index contributed by atoms with van der Waals surface area (Å²) in [5.74, 6) is 0.458. The number of nitrogens with zero attached hydrogens (tertiary/aromatic N) is 2. The standard InChI is InChI=1S/C13H19N3O3/c1-10-4-6-13(9-17,7-5-10)15-11-3-2-8-14-12(11)16(18)19/h2-3,8,10,15,17H,4-7,9H2,1H3. The summed E-state index contributed by atoms with van der Waals surface area (Å²) in [6.07, 6.45) is 5.06. The van der Waals surface area contributed by atoms with Crippen molar-refractivity contribution in [3.05, 3.63) is 28.4 Å². The molecule has 6 nitrogen and oxygen atoms in total. The first-order valence-corrected chi connectivity index (χ1v) is 6.55. The molecule has 2 N–H and O–H groups in total. The van der Waals surface area contributed by atoms with Gasteiger partial charge in [0.1, 0.15) is 11.9 Å². The van der Waals surface area contributed by atoms with Gasteiger partial charge in [0.05, 0.1) is 12.1 Å². The molecule has 19 heavy (non-hydrogen) atoms. The second-order valence-corrected chi connectivity index (χ2v) is 5.38. The van der Waals surface area contributed by atoms with Gasteiger partial charge >= 0.3 is 5.82 Å². The minimum absolute atomic E-state index is 0.0221. The SMILES string of the molecule is CC1CCC(CO)(Nc2cccnc2[N+](=O)[O-])CC1. The van der Waals surface area contributed by atoms with Crippen molar-refractivity contribution in [3.8, 4) is 0 Å². The molecule has 1 fully saturated rings. The van der Waals surface area contributed by atoms with Gasteiger partial charge in [0.25, 0.3) is 0 Å². The molecule has 1 aromatic heterocycles. The first-order valence-electron chi connectivity index (χ1n) is 6.55. The predicted molar refractivity (Wildman–Crippen MR) is 72.0 cm³/mol. The third-order valence-electron chi connectivity index (χ3n) is 3.89. The molecule has 0 aromatic carbocycles. The van der Waals surface area contributed by atoms with E-state index in [0.29, 0.717) is 11.6 Å². The molecule has 0 spiro atoms. The van der Waals surface area contributed by atoms with Crippen molar-refractivity contribution in [2.45, 2.75) is 38.1 Å². The smallest absolute Gasteiger partial charge is 0.386 e. The summed E-state index contributed by atoms with van der Waals surface area (Å²) in [7, 11) is 0. The van der Waals surface area contributed by atoms with Crippen molar-refractivity contribution in [1.29, 1.82) is 0 Å². The van der Waals surface area contributed by atoms with E-state index in [1.807, 2.05) is 0 Å². The lowest BCUT2D eigenvalue weighted by Gasteiger charge is -2.39. The number of nitrogens with one attached hydrogen (secondary N) is 1. The average molecular weight is 265 g/mol. The third kappa shape index (κ3) is 3.01. The fraction of sp³-hybridized carbons (Fsp3) is 0.615. The third-order valence-corrected chi connectivity index (χ3v) is 3.89. The van der Waals surface area contributed by atoms with Crippen LogP contribution < -0.4 is 5.32 Å². The van der Waals surface area contributed by atoms with Crippen molar-refractivity contribution in [1.82, 2.24) is 4.98 Å². The molecule has 2 rings (SSSR count). The number of aromatic nitrogens is 1. The molecule has 0 saturated heterocycles. The van der Waals surface area contributed by atoms with E-state index >= 15 is 0 Å². The van der Waals surface area contributed by atoms with E-state index in [1.54, 1.807) is 12.1 Å². The quantitative estimate of drug-likeness (QED) is 0.644. The van der Waals surface area contributed by atoms with E-state index in [9.17, 15) is 15.2 Å². The van der Waals surface area contributed by atoms with Crippen LogP contribution in [0.15, 0.2) is 18.3 Å². The van der Waals surface area contributed by atoms with E-state index in [1.165, 1.54) is 6.20 Å². The van der Waals surface area contributed by atoms with Gasteiger partial charge < -0.3 is 20.5 Å². The maximum atomic E-state index is 10.9. The number of nitro groups is 1. The topological polar surface area (TPSA) is 88.3 Å². The molecule has 0 bridgehead atoms. The van der Waals surface area contributed by atoms with Crippen LogP contribution in [-0.4, -0.2) is 27.2 Å². The molecule has 1 heterocycles. The number of hydrogen-bond acceptors (Lipinski definition) is 5. The zero-order chi connectivity index (χ0) is 13.9. The Morgan fingerprint density at radius 2 is 2.26 bits per heavy atom. The molecule has 0 unspecified atom stereocenters. The van der Waals surface area contributed by atoms with Gasteiger partial charge in [-0.25, -0.2) is 0 Å². The number of rotatable bonds is 4. The minimum atomic E-state index is -0.501. The highest BCUT2D eigenvalue weighted by atomic mass is 16.6. The van der Waals surface area contributed by atoms with Gasteiger partial charge in [0.2, 0.25) is 0 Å². The van der Waals surface area contributed by atoms with Gasteiger partial charge in [-0.3, -0.25) is 0 Å². The van der Waals surface area contributed by atoms with Crippen LogP contribution in [-0.2, 0) is 0 Å². The van der Waals surface area contributed by atoms with E-state index in [-0.39, 0.29) is 12.4 Å². The maximum absolute atomic E-state index is 10.9. The normalized spacial score (nSPS) is 26.9. The minimum Gasteiger partial charge on any atom is -0.394 e. The van der Waals surface area contributed by atoms with Crippen LogP contribution in [0.1, 0.15) is 32.6 Å². The molecular weight excluding hydrogens is 246 g/mol. The number of anilines is 1. The summed E-state index contributed by atoms with van der Waals surface area (Å²) in [6, 6.07) is 3.30. The summed E-state index contributed by atoms with van der Waals surface area (Å²) in [5, 5.41) is 23.8.